The van der Waals surface area contributed by atoms with Gasteiger partial charge in [-0.25, -0.2) is 0 Å². The van der Waals surface area contributed by atoms with Gasteiger partial charge in [-0.3, -0.25) is 0 Å². The molecule has 0 aliphatic heterocycles. The molecule has 0 spiro atoms. The zero-order valence-corrected chi connectivity index (χ0v) is 8.24. The third-order valence-electron chi connectivity index (χ3n) is 2.56. The third kappa shape index (κ3) is 2.08. The molecule has 0 heterocycles. The van der Waals surface area contributed by atoms with Crippen LogP contribution in [0.25, 0.3) is 0 Å². The van der Waals surface area contributed by atoms with Crippen LogP contribution in [-0.4, -0.2) is 6.04 Å². The minimum Gasteiger partial charge on any atom is -0.397 e. The first-order valence-corrected chi connectivity index (χ1v) is 5.14. The maximum Gasteiger partial charge on any atom is 0.0578 e. The molecule has 2 heteroatoms. The van der Waals surface area contributed by atoms with Gasteiger partial charge >= 0.3 is 0 Å². The molecular weight excluding hydrogens is 172 g/mol. The van der Waals surface area contributed by atoms with Crippen molar-refractivity contribution in [3.63, 3.8) is 0 Å². The van der Waals surface area contributed by atoms with Crippen molar-refractivity contribution in [1.82, 2.24) is 0 Å². The van der Waals surface area contributed by atoms with Gasteiger partial charge in [-0.2, -0.15) is 0 Å². The van der Waals surface area contributed by atoms with Gasteiger partial charge in [-0.15, -0.1) is 0 Å². The van der Waals surface area contributed by atoms with Gasteiger partial charge in [-0.1, -0.05) is 24.3 Å². The standard InChI is InChI=1S/C12H16N2/c13-11-8-4-5-9-12(11)14-10-6-2-1-3-7-10/h2,4-6,8-10,14H,1,3,7,13H2. The lowest BCUT2D eigenvalue weighted by Gasteiger charge is -2.20. The van der Waals surface area contributed by atoms with Crippen LogP contribution in [0.3, 0.4) is 0 Å². The van der Waals surface area contributed by atoms with E-state index in [2.05, 4.69) is 17.5 Å². The molecule has 2 rings (SSSR count). The summed E-state index contributed by atoms with van der Waals surface area (Å²) in [7, 11) is 0. The molecule has 0 fully saturated rings. The maximum atomic E-state index is 5.85. The van der Waals surface area contributed by atoms with Gasteiger partial charge in [0.1, 0.15) is 0 Å². The lowest BCUT2D eigenvalue weighted by Crippen LogP contribution is -2.19. The molecule has 1 aliphatic rings. The first kappa shape index (κ1) is 9.13. The predicted octanol–water partition coefficient (Wildman–Crippen LogP) is 2.79. The van der Waals surface area contributed by atoms with E-state index in [1.54, 1.807) is 0 Å². The van der Waals surface area contributed by atoms with E-state index in [-0.39, 0.29) is 0 Å². The highest BCUT2D eigenvalue weighted by Crippen LogP contribution is 2.21. The Morgan fingerprint density at radius 2 is 2.14 bits per heavy atom. The van der Waals surface area contributed by atoms with Crippen LogP contribution in [0.1, 0.15) is 19.3 Å². The van der Waals surface area contributed by atoms with E-state index < -0.39 is 0 Å². The fourth-order valence-electron chi connectivity index (χ4n) is 1.76. The van der Waals surface area contributed by atoms with E-state index in [9.17, 15) is 0 Å². The van der Waals surface area contributed by atoms with E-state index in [1.165, 1.54) is 19.3 Å². The number of para-hydroxylation sites is 2. The monoisotopic (exact) mass is 188 g/mol. The van der Waals surface area contributed by atoms with Crippen molar-refractivity contribution < 1.29 is 0 Å². The normalized spacial score (nSPS) is 20.7. The molecule has 0 amide bonds. The van der Waals surface area contributed by atoms with Crippen molar-refractivity contribution in [2.45, 2.75) is 25.3 Å². The smallest absolute Gasteiger partial charge is 0.0578 e. The Morgan fingerprint density at radius 1 is 1.29 bits per heavy atom. The predicted molar refractivity (Wildman–Crippen MR) is 61.3 cm³/mol. The van der Waals surface area contributed by atoms with Gasteiger partial charge in [-0.05, 0) is 31.4 Å². The second kappa shape index (κ2) is 4.18. The molecule has 0 aromatic heterocycles. The molecule has 0 saturated carbocycles. The fraction of sp³-hybridized carbons (Fsp3) is 0.333. The minimum atomic E-state index is 0.452. The summed E-state index contributed by atoms with van der Waals surface area (Å²) >= 11 is 0. The SMILES string of the molecule is Nc1ccccc1NC1C=CCCC1. The topological polar surface area (TPSA) is 38.0 Å². The van der Waals surface area contributed by atoms with Crippen molar-refractivity contribution in [1.29, 1.82) is 0 Å². The van der Waals surface area contributed by atoms with Crippen molar-refractivity contribution in [3.05, 3.63) is 36.4 Å². The van der Waals surface area contributed by atoms with Crippen LogP contribution in [0.15, 0.2) is 36.4 Å². The Balaban J connectivity index is 2.06. The molecule has 14 heavy (non-hydrogen) atoms. The van der Waals surface area contributed by atoms with Crippen molar-refractivity contribution in [2.24, 2.45) is 0 Å². The summed E-state index contributed by atoms with van der Waals surface area (Å²) in [6, 6.07) is 8.36. The molecule has 1 atom stereocenters. The molecule has 0 saturated heterocycles. The van der Waals surface area contributed by atoms with E-state index in [4.69, 9.17) is 5.73 Å². The van der Waals surface area contributed by atoms with Crippen molar-refractivity contribution in [3.8, 4) is 0 Å². The summed E-state index contributed by atoms with van der Waals surface area (Å²) in [5.41, 5.74) is 7.72. The molecule has 3 N–H and O–H groups in total. The van der Waals surface area contributed by atoms with Crippen LogP contribution in [-0.2, 0) is 0 Å². The summed E-state index contributed by atoms with van der Waals surface area (Å²) < 4.78 is 0. The number of benzene rings is 1. The van der Waals surface area contributed by atoms with Gasteiger partial charge in [0.2, 0.25) is 0 Å². The minimum absolute atomic E-state index is 0.452. The summed E-state index contributed by atoms with van der Waals surface area (Å²) in [5, 5.41) is 3.44. The molecule has 0 radical (unpaired) electrons. The Labute approximate surface area is 84.8 Å². The van der Waals surface area contributed by atoms with Crippen LogP contribution in [0.4, 0.5) is 11.4 Å². The van der Waals surface area contributed by atoms with Crippen LogP contribution in [0, 0.1) is 0 Å². The van der Waals surface area contributed by atoms with Crippen LogP contribution in [0.2, 0.25) is 0 Å². The first-order chi connectivity index (χ1) is 6.86. The number of hydrogen-bond acceptors (Lipinski definition) is 2. The van der Waals surface area contributed by atoms with Crippen LogP contribution >= 0.6 is 0 Å². The summed E-state index contributed by atoms with van der Waals surface area (Å²) in [6.45, 7) is 0. The van der Waals surface area contributed by atoms with Gasteiger partial charge in [0, 0.05) is 6.04 Å². The Kier molecular flexibility index (Phi) is 2.73. The average molecular weight is 188 g/mol. The molecular formula is C12H16N2. The number of anilines is 2. The number of hydrogen-bond donors (Lipinski definition) is 2. The summed E-state index contributed by atoms with van der Waals surface area (Å²) in [4.78, 5) is 0. The number of nitrogens with one attached hydrogen (secondary N) is 1. The second-order valence-electron chi connectivity index (χ2n) is 3.70. The Morgan fingerprint density at radius 3 is 2.86 bits per heavy atom. The fourth-order valence-corrected chi connectivity index (χ4v) is 1.76. The molecule has 1 aliphatic carbocycles. The molecule has 74 valence electrons. The van der Waals surface area contributed by atoms with Crippen molar-refractivity contribution >= 4 is 11.4 Å². The highest BCUT2D eigenvalue weighted by Gasteiger charge is 2.08. The number of nitrogens with two attached hydrogens (primary N) is 1. The van der Waals surface area contributed by atoms with Crippen LogP contribution < -0.4 is 11.1 Å². The van der Waals surface area contributed by atoms with E-state index in [1.807, 2.05) is 24.3 Å². The zero-order valence-electron chi connectivity index (χ0n) is 8.24. The van der Waals surface area contributed by atoms with E-state index in [0.29, 0.717) is 6.04 Å². The highest BCUT2D eigenvalue weighted by molar-refractivity contribution is 5.66. The lowest BCUT2D eigenvalue weighted by atomic mass is 10.0. The first-order valence-electron chi connectivity index (χ1n) is 5.14. The highest BCUT2D eigenvalue weighted by atomic mass is 14.9. The third-order valence-corrected chi connectivity index (χ3v) is 2.56. The summed E-state index contributed by atoms with van der Waals surface area (Å²) in [5.74, 6) is 0. The Hall–Kier alpha value is -1.44. The van der Waals surface area contributed by atoms with Gasteiger partial charge in [0.05, 0.1) is 11.4 Å². The maximum absolute atomic E-state index is 5.85. The van der Waals surface area contributed by atoms with Gasteiger partial charge in [0.15, 0.2) is 0 Å². The average Bonchev–Trinajstić information content (AvgIpc) is 2.23. The molecule has 1 aromatic carbocycles. The quantitative estimate of drug-likeness (QED) is 0.553. The molecule has 1 unspecified atom stereocenters. The van der Waals surface area contributed by atoms with E-state index in [0.717, 1.165) is 11.4 Å². The van der Waals surface area contributed by atoms with Gasteiger partial charge in [0.25, 0.3) is 0 Å². The summed E-state index contributed by atoms with van der Waals surface area (Å²) in [6.07, 6.45) is 8.14. The lowest BCUT2D eigenvalue weighted by molar-refractivity contribution is 0.674. The van der Waals surface area contributed by atoms with E-state index >= 15 is 0 Å². The van der Waals surface area contributed by atoms with Gasteiger partial charge < -0.3 is 11.1 Å². The second-order valence-corrected chi connectivity index (χ2v) is 3.70. The zero-order chi connectivity index (χ0) is 9.80. The number of nitrogen functional groups attached to an aromatic ring is 1. The number of allylic oxidation sites excluding steroid dienone is 1. The van der Waals surface area contributed by atoms with Crippen molar-refractivity contribution in [2.75, 3.05) is 11.1 Å². The van der Waals surface area contributed by atoms with Crippen LogP contribution in [0.5, 0.6) is 0 Å². The Bertz CT molecular complexity index is 331. The molecule has 1 aromatic rings. The number of rotatable bonds is 2. The molecule has 2 nitrogen and oxygen atoms in total. The largest absolute Gasteiger partial charge is 0.397 e. The molecule has 0 bridgehead atoms.